The molecule has 1 heterocycles. The average Bonchev–Trinajstić information content (AvgIpc) is 2.63. The highest BCUT2D eigenvalue weighted by Crippen LogP contribution is 2.25. The van der Waals surface area contributed by atoms with Gasteiger partial charge in [0.1, 0.15) is 0 Å². The molecule has 0 bridgehead atoms. The molecule has 0 amide bonds. The number of hydrogen-bond donors (Lipinski definition) is 1. The van der Waals surface area contributed by atoms with Crippen molar-refractivity contribution in [3.63, 3.8) is 0 Å². The van der Waals surface area contributed by atoms with Gasteiger partial charge in [0, 0.05) is 12.0 Å². The Morgan fingerprint density at radius 1 is 1.50 bits per heavy atom. The average molecular weight is 242 g/mol. The second-order valence-electron chi connectivity index (χ2n) is 5.74. The minimum atomic E-state index is 0.0121. The Kier molecular flexibility index (Phi) is 5.19. The molecule has 94 valence electrons. The fourth-order valence-electron chi connectivity index (χ4n) is 2.32. The molecule has 2 N–H and O–H groups in total. The van der Waals surface area contributed by atoms with Gasteiger partial charge in [-0.2, -0.15) is 0 Å². The summed E-state index contributed by atoms with van der Waals surface area (Å²) in [7, 11) is 0. The predicted octanol–water partition coefficient (Wildman–Crippen LogP) is 2.81. The maximum absolute atomic E-state index is 5.74. The Labute approximate surface area is 106 Å². The van der Waals surface area contributed by atoms with E-state index in [0.717, 1.165) is 18.9 Å². The summed E-state index contributed by atoms with van der Waals surface area (Å²) in [5, 5.41) is 0. The molecule has 1 atom stereocenters. The van der Waals surface area contributed by atoms with Gasteiger partial charge in [-0.25, -0.2) is 0 Å². The highest BCUT2D eigenvalue weighted by Gasteiger charge is 2.26. The number of nitrogens with zero attached hydrogens (tertiary/aromatic N) is 1. The van der Waals surface area contributed by atoms with Crippen molar-refractivity contribution < 1.29 is 0 Å². The van der Waals surface area contributed by atoms with E-state index < -0.39 is 0 Å². The highest BCUT2D eigenvalue weighted by atomic mass is 32.1. The van der Waals surface area contributed by atoms with E-state index in [1.165, 1.54) is 32.4 Å². The quantitative estimate of drug-likeness (QED) is 0.726. The summed E-state index contributed by atoms with van der Waals surface area (Å²) >= 11 is 5.10. The summed E-state index contributed by atoms with van der Waals surface area (Å²) in [6, 6.07) is 0. The first-order chi connectivity index (χ1) is 7.45. The van der Waals surface area contributed by atoms with Crippen molar-refractivity contribution in [3.05, 3.63) is 0 Å². The topological polar surface area (TPSA) is 29.3 Å². The van der Waals surface area contributed by atoms with E-state index >= 15 is 0 Å². The fourth-order valence-corrected chi connectivity index (χ4v) is 2.42. The Balaban J connectivity index is 2.27. The highest BCUT2D eigenvalue weighted by molar-refractivity contribution is 7.80. The fraction of sp³-hybridized carbons (Fsp3) is 0.923. The minimum absolute atomic E-state index is 0.0121. The third kappa shape index (κ3) is 4.02. The Morgan fingerprint density at radius 3 is 2.75 bits per heavy atom. The van der Waals surface area contributed by atoms with Crippen molar-refractivity contribution in [1.82, 2.24) is 4.90 Å². The zero-order valence-corrected chi connectivity index (χ0v) is 11.8. The minimum Gasteiger partial charge on any atom is -0.393 e. The lowest BCUT2D eigenvalue weighted by Crippen LogP contribution is -2.34. The lowest BCUT2D eigenvalue weighted by atomic mass is 9.89. The molecule has 2 nitrogen and oxygen atoms in total. The van der Waals surface area contributed by atoms with Gasteiger partial charge in [0.05, 0.1) is 4.99 Å². The van der Waals surface area contributed by atoms with Gasteiger partial charge in [-0.3, -0.25) is 0 Å². The number of rotatable bonds is 6. The van der Waals surface area contributed by atoms with Crippen molar-refractivity contribution >= 4 is 17.2 Å². The molecule has 16 heavy (non-hydrogen) atoms. The van der Waals surface area contributed by atoms with Crippen LogP contribution in [0.2, 0.25) is 0 Å². The zero-order valence-electron chi connectivity index (χ0n) is 11.0. The molecule has 0 spiro atoms. The SMILES string of the molecule is CCCC1CCN(CCC(C)(C)C(N)=S)C1. The lowest BCUT2D eigenvalue weighted by Gasteiger charge is -2.26. The van der Waals surface area contributed by atoms with Crippen molar-refractivity contribution in [2.45, 2.75) is 46.5 Å². The summed E-state index contributed by atoms with van der Waals surface area (Å²) in [5.74, 6) is 0.929. The number of hydrogen-bond acceptors (Lipinski definition) is 2. The standard InChI is InChI=1S/C13H26N2S/c1-4-5-11-6-8-15(10-11)9-7-13(2,3)12(14)16/h11H,4-10H2,1-3H3,(H2,14,16). The van der Waals surface area contributed by atoms with Crippen molar-refractivity contribution in [1.29, 1.82) is 0 Å². The normalized spacial score (nSPS) is 22.6. The molecule has 1 rings (SSSR count). The van der Waals surface area contributed by atoms with Crippen LogP contribution in [-0.2, 0) is 0 Å². The van der Waals surface area contributed by atoms with Gasteiger partial charge in [0.2, 0.25) is 0 Å². The maximum Gasteiger partial charge on any atom is 0.0784 e. The van der Waals surface area contributed by atoms with Crippen LogP contribution in [0.4, 0.5) is 0 Å². The van der Waals surface area contributed by atoms with Crippen molar-refractivity contribution in [2.75, 3.05) is 19.6 Å². The van der Waals surface area contributed by atoms with E-state index in [1.54, 1.807) is 0 Å². The molecule has 1 fully saturated rings. The molecule has 0 aromatic carbocycles. The van der Waals surface area contributed by atoms with Crippen LogP contribution in [0.3, 0.4) is 0 Å². The summed E-state index contributed by atoms with van der Waals surface area (Å²) in [5.41, 5.74) is 5.75. The first-order valence-corrected chi connectivity index (χ1v) is 6.89. The van der Waals surface area contributed by atoms with E-state index in [2.05, 4.69) is 25.7 Å². The van der Waals surface area contributed by atoms with E-state index in [0.29, 0.717) is 4.99 Å². The lowest BCUT2D eigenvalue weighted by molar-refractivity contribution is 0.282. The van der Waals surface area contributed by atoms with Gasteiger partial charge in [0.15, 0.2) is 0 Å². The smallest absolute Gasteiger partial charge is 0.0784 e. The predicted molar refractivity (Wildman–Crippen MR) is 74.6 cm³/mol. The molecule has 0 aromatic rings. The second kappa shape index (κ2) is 5.97. The van der Waals surface area contributed by atoms with Crippen LogP contribution in [0.25, 0.3) is 0 Å². The van der Waals surface area contributed by atoms with Crippen LogP contribution in [0.1, 0.15) is 46.5 Å². The molecule has 1 aliphatic rings. The van der Waals surface area contributed by atoms with Gasteiger partial charge in [-0.05, 0) is 38.3 Å². The Hall–Kier alpha value is -0.150. The van der Waals surface area contributed by atoms with Crippen LogP contribution < -0.4 is 5.73 Å². The van der Waals surface area contributed by atoms with Gasteiger partial charge < -0.3 is 10.6 Å². The van der Waals surface area contributed by atoms with Gasteiger partial charge >= 0.3 is 0 Å². The Bertz CT molecular complexity index is 238. The van der Waals surface area contributed by atoms with Crippen LogP contribution in [0, 0.1) is 11.3 Å². The molecule has 1 saturated heterocycles. The van der Waals surface area contributed by atoms with Crippen molar-refractivity contribution in [2.24, 2.45) is 17.1 Å². The molecule has 1 aliphatic heterocycles. The monoisotopic (exact) mass is 242 g/mol. The molecule has 0 radical (unpaired) electrons. The van der Waals surface area contributed by atoms with E-state index in [4.69, 9.17) is 18.0 Å². The van der Waals surface area contributed by atoms with Gasteiger partial charge in [0.25, 0.3) is 0 Å². The summed E-state index contributed by atoms with van der Waals surface area (Å²) < 4.78 is 0. The van der Waals surface area contributed by atoms with Gasteiger partial charge in [-0.15, -0.1) is 0 Å². The largest absolute Gasteiger partial charge is 0.393 e. The van der Waals surface area contributed by atoms with Crippen LogP contribution in [0.5, 0.6) is 0 Å². The second-order valence-corrected chi connectivity index (χ2v) is 6.18. The summed E-state index contributed by atoms with van der Waals surface area (Å²) in [6.45, 7) is 10.3. The zero-order chi connectivity index (χ0) is 12.2. The molecule has 3 heteroatoms. The van der Waals surface area contributed by atoms with E-state index in [1.807, 2.05) is 0 Å². The van der Waals surface area contributed by atoms with Crippen LogP contribution in [0.15, 0.2) is 0 Å². The molecular weight excluding hydrogens is 216 g/mol. The molecule has 0 aliphatic carbocycles. The third-order valence-electron chi connectivity index (χ3n) is 3.79. The first kappa shape index (κ1) is 13.9. The van der Waals surface area contributed by atoms with E-state index in [9.17, 15) is 0 Å². The van der Waals surface area contributed by atoms with E-state index in [-0.39, 0.29) is 5.41 Å². The summed E-state index contributed by atoms with van der Waals surface area (Å²) in [4.78, 5) is 3.22. The Morgan fingerprint density at radius 2 is 2.19 bits per heavy atom. The first-order valence-electron chi connectivity index (χ1n) is 6.48. The van der Waals surface area contributed by atoms with Crippen molar-refractivity contribution in [3.8, 4) is 0 Å². The number of nitrogens with two attached hydrogens (primary N) is 1. The van der Waals surface area contributed by atoms with Crippen LogP contribution in [-0.4, -0.2) is 29.5 Å². The number of likely N-dealkylation sites (tertiary alicyclic amines) is 1. The number of thiocarbonyl (C=S) groups is 1. The maximum atomic E-state index is 5.74. The molecule has 1 unspecified atom stereocenters. The molecular formula is C13H26N2S. The third-order valence-corrected chi connectivity index (χ3v) is 4.34. The van der Waals surface area contributed by atoms with Crippen LogP contribution >= 0.6 is 12.2 Å². The molecule has 0 aromatic heterocycles. The molecule has 0 saturated carbocycles. The summed E-state index contributed by atoms with van der Waals surface area (Å²) in [6.07, 6.45) is 5.16. The van der Waals surface area contributed by atoms with Gasteiger partial charge in [-0.1, -0.05) is 39.4 Å².